The Morgan fingerprint density at radius 3 is 2.92 bits per heavy atom. The molecule has 1 aliphatic heterocycles. The van der Waals surface area contributed by atoms with E-state index in [-0.39, 0.29) is 0 Å². The normalized spacial score (nSPS) is 16.8. The SMILES string of the molecule is CC1=CCSc2ccccc2CC1. The van der Waals surface area contributed by atoms with E-state index >= 15 is 0 Å². The van der Waals surface area contributed by atoms with Crippen molar-refractivity contribution in [3.63, 3.8) is 0 Å². The zero-order valence-electron chi connectivity index (χ0n) is 7.92. The molecular weight excluding hydrogens is 176 g/mol. The number of fused-ring (bicyclic) bond motifs is 1. The van der Waals surface area contributed by atoms with Crippen LogP contribution in [0, 0.1) is 0 Å². The lowest BCUT2D eigenvalue weighted by atomic mass is 10.1. The van der Waals surface area contributed by atoms with Gasteiger partial charge in [0.2, 0.25) is 0 Å². The van der Waals surface area contributed by atoms with Gasteiger partial charge in [0.05, 0.1) is 0 Å². The van der Waals surface area contributed by atoms with E-state index in [1.807, 2.05) is 11.8 Å². The third-order valence-electron chi connectivity index (χ3n) is 2.43. The van der Waals surface area contributed by atoms with Gasteiger partial charge in [-0.25, -0.2) is 0 Å². The van der Waals surface area contributed by atoms with Crippen molar-refractivity contribution in [1.29, 1.82) is 0 Å². The summed E-state index contributed by atoms with van der Waals surface area (Å²) in [5.41, 5.74) is 3.04. The summed E-state index contributed by atoms with van der Waals surface area (Å²) in [7, 11) is 0. The molecule has 0 saturated heterocycles. The van der Waals surface area contributed by atoms with Crippen LogP contribution in [0.4, 0.5) is 0 Å². The van der Waals surface area contributed by atoms with Gasteiger partial charge in [0.25, 0.3) is 0 Å². The van der Waals surface area contributed by atoms with Gasteiger partial charge in [0.1, 0.15) is 0 Å². The molecule has 0 amide bonds. The second-order valence-electron chi connectivity index (χ2n) is 3.47. The maximum absolute atomic E-state index is 2.35. The molecule has 1 heteroatoms. The van der Waals surface area contributed by atoms with E-state index in [9.17, 15) is 0 Å². The fourth-order valence-electron chi connectivity index (χ4n) is 1.56. The van der Waals surface area contributed by atoms with Crippen LogP contribution in [0.1, 0.15) is 18.9 Å². The van der Waals surface area contributed by atoms with E-state index in [4.69, 9.17) is 0 Å². The standard InChI is InChI=1S/C12H14S/c1-10-6-7-11-4-2-3-5-12(11)13-9-8-10/h2-5,8H,6-7,9H2,1H3. The quantitative estimate of drug-likeness (QED) is 0.562. The van der Waals surface area contributed by atoms with Crippen LogP contribution in [0.2, 0.25) is 0 Å². The largest absolute Gasteiger partial charge is 0.122 e. The third-order valence-corrected chi connectivity index (χ3v) is 3.47. The van der Waals surface area contributed by atoms with Gasteiger partial charge in [0.15, 0.2) is 0 Å². The molecular formula is C12H14S. The molecule has 0 N–H and O–H groups in total. The molecule has 1 aromatic rings. The molecule has 68 valence electrons. The Morgan fingerprint density at radius 2 is 2.00 bits per heavy atom. The Balaban J connectivity index is 2.26. The smallest absolute Gasteiger partial charge is 0.0163 e. The van der Waals surface area contributed by atoms with Crippen LogP contribution < -0.4 is 0 Å². The van der Waals surface area contributed by atoms with Crippen molar-refractivity contribution >= 4 is 11.8 Å². The van der Waals surface area contributed by atoms with Gasteiger partial charge in [-0.3, -0.25) is 0 Å². The third kappa shape index (κ3) is 2.16. The molecule has 0 aliphatic carbocycles. The second kappa shape index (κ2) is 4.01. The lowest BCUT2D eigenvalue weighted by molar-refractivity contribution is 0.913. The summed E-state index contributed by atoms with van der Waals surface area (Å²) in [6.45, 7) is 2.23. The molecule has 13 heavy (non-hydrogen) atoms. The topological polar surface area (TPSA) is 0 Å². The highest BCUT2D eigenvalue weighted by molar-refractivity contribution is 7.99. The number of aryl methyl sites for hydroxylation is 1. The van der Waals surface area contributed by atoms with Gasteiger partial charge < -0.3 is 0 Å². The Morgan fingerprint density at radius 1 is 1.15 bits per heavy atom. The fourth-order valence-corrected chi connectivity index (χ4v) is 2.64. The molecule has 0 radical (unpaired) electrons. The molecule has 2 rings (SSSR count). The lowest BCUT2D eigenvalue weighted by Crippen LogP contribution is -1.93. The van der Waals surface area contributed by atoms with Crippen LogP contribution >= 0.6 is 11.8 Å². The summed E-state index contributed by atoms with van der Waals surface area (Å²) in [4.78, 5) is 1.46. The van der Waals surface area contributed by atoms with Crippen LogP contribution in [0.5, 0.6) is 0 Å². The van der Waals surface area contributed by atoms with Crippen molar-refractivity contribution in [3.8, 4) is 0 Å². The average Bonchev–Trinajstić information content (AvgIpc) is 2.13. The van der Waals surface area contributed by atoms with Gasteiger partial charge in [-0.1, -0.05) is 29.8 Å². The van der Waals surface area contributed by atoms with Gasteiger partial charge in [0, 0.05) is 10.6 Å². The van der Waals surface area contributed by atoms with Gasteiger partial charge in [-0.2, -0.15) is 0 Å². The first-order valence-electron chi connectivity index (χ1n) is 4.72. The summed E-state index contributed by atoms with van der Waals surface area (Å²) < 4.78 is 0. The first-order valence-corrected chi connectivity index (χ1v) is 5.71. The summed E-state index contributed by atoms with van der Waals surface area (Å²) in [6.07, 6.45) is 4.77. The summed E-state index contributed by atoms with van der Waals surface area (Å²) in [6, 6.07) is 8.75. The lowest BCUT2D eigenvalue weighted by Gasteiger charge is -2.11. The van der Waals surface area contributed by atoms with Gasteiger partial charge >= 0.3 is 0 Å². The van der Waals surface area contributed by atoms with Crippen molar-refractivity contribution in [2.24, 2.45) is 0 Å². The Bertz CT molecular complexity index is 326. The molecule has 1 aliphatic rings. The molecule has 1 aromatic carbocycles. The zero-order chi connectivity index (χ0) is 9.10. The van der Waals surface area contributed by atoms with Crippen molar-refractivity contribution in [2.45, 2.75) is 24.7 Å². The minimum atomic E-state index is 1.13. The Hall–Kier alpha value is -0.690. The van der Waals surface area contributed by atoms with E-state index in [0.29, 0.717) is 0 Å². The Kier molecular flexibility index (Phi) is 2.74. The molecule has 0 fully saturated rings. The molecule has 0 unspecified atom stereocenters. The maximum Gasteiger partial charge on any atom is 0.0163 e. The molecule has 0 aromatic heterocycles. The highest BCUT2D eigenvalue weighted by Crippen LogP contribution is 2.27. The van der Waals surface area contributed by atoms with Crippen LogP contribution in [0.3, 0.4) is 0 Å². The van der Waals surface area contributed by atoms with E-state index in [0.717, 1.165) is 5.75 Å². The first kappa shape index (κ1) is 8.89. The van der Waals surface area contributed by atoms with Crippen LogP contribution in [0.25, 0.3) is 0 Å². The summed E-state index contributed by atoms with van der Waals surface area (Å²) in [5.74, 6) is 1.13. The molecule has 0 atom stereocenters. The number of rotatable bonds is 0. The number of benzene rings is 1. The monoisotopic (exact) mass is 190 g/mol. The predicted molar refractivity (Wildman–Crippen MR) is 59.2 cm³/mol. The maximum atomic E-state index is 2.35. The minimum Gasteiger partial charge on any atom is -0.122 e. The van der Waals surface area contributed by atoms with Crippen LogP contribution in [-0.2, 0) is 6.42 Å². The number of hydrogen-bond donors (Lipinski definition) is 0. The average molecular weight is 190 g/mol. The van der Waals surface area contributed by atoms with Crippen molar-refractivity contribution in [1.82, 2.24) is 0 Å². The highest BCUT2D eigenvalue weighted by Gasteiger charge is 2.04. The molecule has 1 heterocycles. The number of thioether (sulfide) groups is 1. The van der Waals surface area contributed by atoms with Crippen molar-refractivity contribution in [3.05, 3.63) is 41.5 Å². The summed E-state index contributed by atoms with van der Waals surface area (Å²) >= 11 is 1.95. The second-order valence-corrected chi connectivity index (χ2v) is 4.53. The number of allylic oxidation sites excluding steroid dienone is 1. The fraction of sp³-hybridized carbons (Fsp3) is 0.333. The predicted octanol–water partition coefficient (Wildman–Crippen LogP) is 3.67. The van der Waals surface area contributed by atoms with E-state index < -0.39 is 0 Å². The molecule has 0 bridgehead atoms. The van der Waals surface area contributed by atoms with Gasteiger partial charge in [-0.15, -0.1) is 11.8 Å². The zero-order valence-corrected chi connectivity index (χ0v) is 8.73. The van der Waals surface area contributed by atoms with Crippen molar-refractivity contribution in [2.75, 3.05) is 5.75 Å². The first-order chi connectivity index (χ1) is 6.36. The molecule has 0 saturated carbocycles. The summed E-state index contributed by atoms with van der Waals surface area (Å²) in [5, 5.41) is 0. The van der Waals surface area contributed by atoms with E-state index in [2.05, 4.69) is 37.3 Å². The highest BCUT2D eigenvalue weighted by atomic mass is 32.2. The van der Waals surface area contributed by atoms with Crippen molar-refractivity contribution < 1.29 is 0 Å². The van der Waals surface area contributed by atoms with Gasteiger partial charge in [-0.05, 0) is 31.4 Å². The van der Waals surface area contributed by atoms with Crippen LogP contribution in [0.15, 0.2) is 40.8 Å². The molecule has 0 spiro atoms. The minimum absolute atomic E-state index is 1.13. The molecule has 0 nitrogen and oxygen atoms in total. The van der Waals surface area contributed by atoms with E-state index in [1.54, 1.807) is 0 Å². The van der Waals surface area contributed by atoms with E-state index in [1.165, 1.54) is 28.9 Å². The van der Waals surface area contributed by atoms with Crippen LogP contribution in [-0.4, -0.2) is 5.75 Å². The Labute approximate surface area is 84.0 Å². The number of hydrogen-bond acceptors (Lipinski definition) is 1.